The van der Waals surface area contributed by atoms with Crippen molar-refractivity contribution in [2.75, 3.05) is 24.5 Å². The number of hydrogen-bond donors (Lipinski definition) is 1. The Labute approximate surface area is 102 Å². The minimum absolute atomic E-state index is 0.248. The van der Waals surface area contributed by atoms with E-state index in [1.165, 1.54) is 11.3 Å². The van der Waals surface area contributed by atoms with Crippen LogP contribution < -0.4 is 10.2 Å². The molecule has 1 N–H and O–H groups in total. The number of carbonyl (C=O) groups excluding carboxylic acids is 1. The molecule has 3 rings (SSSR count). The van der Waals surface area contributed by atoms with Crippen LogP contribution >= 0.6 is 0 Å². The van der Waals surface area contributed by atoms with Crippen molar-refractivity contribution in [3.63, 3.8) is 0 Å². The molecule has 0 aromatic heterocycles. The summed E-state index contributed by atoms with van der Waals surface area (Å²) in [5, 5.41) is 3.02. The van der Waals surface area contributed by atoms with Crippen LogP contribution in [0.25, 0.3) is 0 Å². The fourth-order valence-corrected chi connectivity index (χ4v) is 2.44. The average Bonchev–Trinajstić information content (AvgIpc) is 3.12. The van der Waals surface area contributed by atoms with Crippen LogP contribution in [0.2, 0.25) is 0 Å². The largest absolute Gasteiger partial charge is 0.369 e. The summed E-state index contributed by atoms with van der Waals surface area (Å²) >= 11 is 0. The molecule has 0 unspecified atom stereocenters. The number of rotatable bonds is 4. The maximum atomic E-state index is 11.5. The predicted octanol–water partition coefficient (Wildman–Crippen LogP) is 1.58. The molecular weight excluding hydrogens is 212 g/mol. The van der Waals surface area contributed by atoms with Crippen molar-refractivity contribution < 1.29 is 4.79 Å². The molecule has 90 valence electrons. The second-order valence-corrected chi connectivity index (χ2v) is 4.93. The van der Waals surface area contributed by atoms with Gasteiger partial charge in [0.05, 0.1) is 0 Å². The lowest BCUT2D eigenvalue weighted by Gasteiger charge is -2.19. The van der Waals surface area contributed by atoms with Gasteiger partial charge in [-0.2, -0.15) is 0 Å². The molecule has 2 aliphatic rings. The summed E-state index contributed by atoms with van der Waals surface area (Å²) in [4.78, 5) is 13.9. The van der Waals surface area contributed by atoms with Gasteiger partial charge < -0.3 is 10.2 Å². The molecule has 0 radical (unpaired) electrons. The number of fused-ring (bicyclic) bond motifs is 1. The molecule has 1 amide bonds. The number of carbonyl (C=O) groups is 1. The molecule has 0 atom stereocenters. The zero-order valence-electron chi connectivity index (χ0n) is 9.98. The maximum Gasteiger partial charge on any atom is 0.223 e. The van der Waals surface area contributed by atoms with E-state index in [9.17, 15) is 4.79 Å². The third-order valence-electron chi connectivity index (χ3n) is 3.61. The van der Waals surface area contributed by atoms with Gasteiger partial charge in [-0.15, -0.1) is 0 Å². The molecule has 1 aliphatic heterocycles. The minimum Gasteiger partial charge on any atom is -0.369 e. The Kier molecular flexibility index (Phi) is 2.75. The molecule has 17 heavy (non-hydrogen) atoms. The zero-order chi connectivity index (χ0) is 11.7. The number of benzene rings is 1. The zero-order valence-corrected chi connectivity index (χ0v) is 9.98. The Morgan fingerprint density at radius 2 is 2.18 bits per heavy atom. The number of nitrogens with one attached hydrogen (secondary N) is 1. The first-order valence-electron chi connectivity index (χ1n) is 6.45. The first-order chi connectivity index (χ1) is 8.34. The van der Waals surface area contributed by atoms with E-state index in [1.807, 2.05) is 0 Å². The van der Waals surface area contributed by atoms with Crippen LogP contribution in [0.15, 0.2) is 24.3 Å². The van der Waals surface area contributed by atoms with Crippen molar-refractivity contribution in [2.45, 2.75) is 19.3 Å². The van der Waals surface area contributed by atoms with Crippen molar-refractivity contribution in [3.8, 4) is 0 Å². The number of hydrogen-bond acceptors (Lipinski definition) is 2. The van der Waals surface area contributed by atoms with Crippen molar-refractivity contribution in [1.82, 2.24) is 5.32 Å². The van der Waals surface area contributed by atoms with Crippen molar-refractivity contribution in [1.29, 1.82) is 0 Å². The molecule has 1 aliphatic carbocycles. The SMILES string of the molecule is O=C(NCCN1CCc2ccccc21)C1CC1. The van der Waals surface area contributed by atoms with E-state index in [0.29, 0.717) is 5.92 Å². The van der Waals surface area contributed by atoms with Crippen LogP contribution in [0.3, 0.4) is 0 Å². The van der Waals surface area contributed by atoms with Gasteiger partial charge in [0.1, 0.15) is 0 Å². The Hall–Kier alpha value is -1.51. The van der Waals surface area contributed by atoms with Gasteiger partial charge in [-0.1, -0.05) is 18.2 Å². The van der Waals surface area contributed by atoms with E-state index in [4.69, 9.17) is 0 Å². The predicted molar refractivity (Wildman–Crippen MR) is 68.1 cm³/mol. The summed E-state index contributed by atoms with van der Waals surface area (Å²) in [6, 6.07) is 8.54. The molecule has 1 saturated carbocycles. The summed E-state index contributed by atoms with van der Waals surface area (Å²) in [7, 11) is 0. The second-order valence-electron chi connectivity index (χ2n) is 4.93. The minimum atomic E-state index is 0.248. The van der Waals surface area contributed by atoms with Gasteiger partial charge in [-0.05, 0) is 30.9 Å². The van der Waals surface area contributed by atoms with E-state index in [2.05, 4.69) is 34.5 Å². The van der Waals surface area contributed by atoms with Gasteiger partial charge in [-0.25, -0.2) is 0 Å². The molecule has 3 heteroatoms. The standard InChI is InChI=1S/C14H18N2O/c17-14(12-5-6-12)15-8-10-16-9-7-11-3-1-2-4-13(11)16/h1-4,12H,5-10H2,(H,15,17). The van der Waals surface area contributed by atoms with Crippen LogP contribution in [0.5, 0.6) is 0 Å². The van der Waals surface area contributed by atoms with Gasteiger partial charge in [0.2, 0.25) is 5.91 Å². The Balaban J connectivity index is 1.51. The first-order valence-corrected chi connectivity index (χ1v) is 6.45. The molecule has 1 fully saturated rings. The molecule has 0 bridgehead atoms. The summed E-state index contributed by atoms with van der Waals surface area (Å²) in [6.07, 6.45) is 3.30. The molecule has 1 heterocycles. The third-order valence-corrected chi connectivity index (χ3v) is 3.61. The lowest BCUT2D eigenvalue weighted by Crippen LogP contribution is -2.34. The van der Waals surface area contributed by atoms with Crippen LogP contribution in [0.4, 0.5) is 5.69 Å². The van der Waals surface area contributed by atoms with Crippen LogP contribution in [0, 0.1) is 5.92 Å². The first kappa shape index (κ1) is 10.6. The van der Waals surface area contributed by atoms with Crippen molar-refractivity contribution in [2.24, 2.45) is 5.92 Å². The average molecular weight is 230 g/mol. The Morgan fingerprint density at radius 3 is 3.00 bits per heavy atom. The molecular formula is C14H18N2O. The molecule has 0 saturated heterocycles. The number of nitrogens with zero attached hydrogens (tertiary/aromatic N) is 1. The highest BCUT2D eigenvalue weighted by Crippen LogP contribution is 2.29. The highest BCUT2D eigenvalue weighted by Gasteiger charge is 2.29. The number of amides is 1. The smallest absolute Gasteiger partial charge is 0.223 e. The number of anilines is 1. The number of para-hydroxylation sites is 1. The second kappa shape index (κ2) is 4.40. The fourth-order valence-electron chi connectivity index (χ4n) is 2.44. The molecule has 1 aromatic carbocycles. The summed E-state index contributed by atoms with van der Waals surface area (Å²) in [5.74, 6) is 0.568. The van der Waals surface area contributed by atoms with Crippen LogP contribution in [-0.4, -0.2) is 25.5 Å². The van der Waals surface area contributed by atoms with E-state index < -0.39 is 0 Å². The van der Waals surface area contributed by atoms with Gasteiger partial charge in [0, 0.05) is 31.2 Å². The highest BCUT2D eigenvalue weighted by molar-refractivity contribution is 5.80. The third kappa shape index (κ3) is 2.28. The van der Waals surface area contributed by atoms with E-state index >= 15 is 0 Å². The topological polar surface area (TPSA) is 32.3 Å². The molecule has 0 spiro atoms. The quantitative estimate of drug-likeness (QED) is 0.851. The van der Waals surface area contributed by atoms with E-state index in [1.54, 1.807) is 0 Å². The lowest BCUT2D eigenvalue weighted by molar-refractivity contribution is -0.122. The molecule has 1 aromatic rings. The lowest BCUT2D eigenvalue weighted by atomic mass is 10.2. The fraction of sp³-hybridized carbons (Fsp3) is 0.500. The Morgan fingerprint density at radius 1 is 1.35 bits per heavy atom. The van der Waals surface area contributed by atoms with E-state index in [-0.39, 0.29) is 5.91 Å². The summed E-state index contributed by atoms with van der Waals surface area (Å²) in [6.45, 7) is 2.78. The highest BCUT2D eigenvalue weighted by atomic mass is 16.2. The maximum absolute atomic E-state index is 11.5. The monoisotopic (exact) mass is 230 g/mol. The normalized spacial score (nSPS) is 18.0. The van der Waals surface area contributed by atoms with Gasteiger partial charge in [-0.3, -0.25) is 4.79 Å². The van der Waals surface area contributed by atoms with Crippen LogP contribution in [0.1, 0.15) is 18.4 Å². The van der Waals surface area contributed by atoms with Gasteiger partial charge >= 0.3 is 0 Å². The van der Waals surface area contributed by atoms with Gasteiger partial charge in [0.25, 0.3) is 0 Å². The summed E-state index contributed by atoms with van der Waals surface area (Å²) < 4.78 is 0. The van der Waals surface area contributed by atoms with Crippen LogP contribution in [-0.2, 0) is 11.2 Å². The molecule has 3 nitrogen and oxygen atoms in total. The van der Waals surface area contributed by atoms with E-state index in [0.717, 1.165) is 38.9 Å². The van der Waals surface area contributed by atoms with Crippen molar-refractivity contribution in [3.05, 3.63) is 29.8 Å². The van der Waals surface area contributed by atoms with Gasteiger partial charge in [0.15, 0.2) is 0 Å². The Bertz CT molecular complexity index is 426. The summed E-state index contributed by atoms with van der Waals surface area (Å²) in [5.41, 5.74) is 2.77. The van der Waals surface area contributed by atoms with Crippen molar-refractivity contribution >= 4 is 11.6 Å².